The van der Waals surface area contributed by atoms with Crippen LogP contribution in [0, 0.1) is 0 Å². The van der Waals surface area contributed by atoms with Crippen LogP contribution in [-0.4, -0.2) is 67.1 Å². The van der Waals surface area contributed by atoms with Gasteiger partial charge in [-0.25, -0.2) is 0 Å². The summed E-state index contributed by atoms with van der Waals surface area (Å²) in [6.07, 6.45) is -0.118. The summed E-state index contributed by atoms with van der Waals surface area (Å²) in [5.41, 5.74) is 9.05. The van der Waals surface area contributed by atoms with Crippen molar-refractivity contribution in [3.05, 3.63) is 381 Å². The van der Waals surface area contributed by atoms with Crippen molar-refractivity contribution in [3.63, 3.8) is 0 Å². The number of hydrogen-bond acceptors (Lipinski definition) is 10. The monoisotopic (exact) mass is 1580 g/mol. The van der Waals surface area contributed by atoms with Crippen LogP contribution in [0.4, 0.5) is 0 Å². The minimum absolute atomic E-state index is 0.0333. The van der Waals surface area contributed by atoms with Gasteiger partial charge in [0, 0.05) is 82.1 Å². The second-order valence-corrected chi connectivity index (χ2v) is 32.7. The predicted molar refractivity (Wildman–Crippen MR) is 473 cm³/mol. The largest absolute Gasteiger partial charge is 0.457 e. The highest BCUT2D eigenvalue weighted by atomic mass is 16.5. The van der Waals surface area contributed by atoms with Crippen molar-refractivity contribution in [2.24, 2.45) is 0 Å². The molecule has 0 aliphatic carbocycles. The molecule has 0 N–H and O–H groups in total. The molecule has 2 unspecified atom stereocenters. The fourth-order valence-corrected chi connectivity index (χ4v) is 16.9. The van der Waals surface area contributed by atoms with E-state index in [4.69, 9.17) is 18.9 Å². The predicted octanol–water partition coefficient (Wildman–Crippen LogP) is 24.3. The van der Waals surface area contributed by atoms with Gasteiger partial charge in [-0.1, -0.05) is 286 Å². The zero-order chi connectivity index (χ0) is 83.0. The van der Waals surface area contributed by atoms with Gasteiger partial charge in [0.25, 0.3) is 23.6 Å². The van der Waals surface area contributed by atoms with E-state index in [9.17, 15) is 0 Å². The van der Waals surface area contributed by atoms with Crippen LogP contribution in [0.2, 0.25) is 0 Å². The molecule has 14 nitrogen and oxygen atoms in total. The first-order valence-electron chi connectivity index (χ1n) is 41.3. The zero-order valence-corrected chi connectivity index (χ0v) is 68.4. The van der Waals surface area contributed by atoms with Gasteiger partial charge in [0.05, 0.1) is 22.3 Å². The molecule has 0 saturated carbocycles. The van der Waals surface area contributed by atoms with Crippen molar-refractivity contribution in [1.29, 1.82) is 0 Å². The lowest BCUT2D eigenvalue weighted by molar-refractivity contribution is -0.137. The molecule has 596 valence electrons. The normalized spacial score (nSPS) is 13.2. The summed E-state index contributed by atoms with van der Waals surface area (Å²) in [7, 11) is 0. The molecule has 17 rings (SSSR count). The molecule has 15 aromatic carbocycles. The number of nitrogens with zero attached hydrogens (tertiary/aromatic N) is 4. The Kier molecular flexibility index (Phi) is 22.0. The third kappa shape index (κ3) is 15.6. The number of carbonyl (C=O) groups excluding carboxylic acids is 6. The van der Waals surface area contributed by atoms with E-state index in [1.807, 2.05) is 279 Å². The maximum atomic E-state index is 17.2. The molecule has 6 amide bonds. The van der Waals surface area contributed by atoms with Gasteiger partial charge in [-0.15, -0.1) is 0 Å². The van der Waals surface area contributed by atoms with Crippen molar-refractivity contribution in [2.75, 3.05) is 0 Å². The Hall–Kier alpha value is -14.0. The van der Waals surface area contributed by atoms with Gasteiger partial charge in [0.1, 0.15) is 58.1 Å². The molecule has 2 atom stereocenters. The second kappa shape index (κ2) is 33.6. The van der Waals surface area contributed by atoms with Crippen molar-refractivity contribution in [1.82, 2.24) is 19.6 Å². The van der Waals surface area contributed by atoms with Gasteiger partial charge in [0.15, 0.2) is 0 Å². The van der Waals surface area contributed by atoms with E-state index in [-0.39, 0.29) is 119 Å². The lowest BCUT2D eigenvalue weighted by Crippen LogP contribution is -2.55. The van der Waals surface area contributed by atoms with Crippen LogP contribution < -0.4 is 18.9 Å². The van der Waals surface area contributed by atoms with E-state index < -0.39 is 47.5 Å². The Morgan fingerprint density at radius 2 is 0.458 bits per heavy atom. The molecule has 0 bridgehead atoms. The number of fused-ring (bicyclic) bond motifs is 2. The number of ether oxygens (including phenoxy) is 4. The standard InChI is InChI=1S/C106H92N4O10/c1-65(2)75-39-47-79(48-40-75)117-89-57-83-93-84(102(112)109(101(83)111)87(55-69-27-15-9-16-28-69)105(115)107(61-71-31-19-11-20-32-71)62-72-33-21-12-22-34-72)59-91(119-81-51-43-77(44-52-81)67(5)6)97-98-92(120-82-53-45-78(46-54-82)68(7)8)60-86-94-85(58-90(96(100(94)98)95(89)99(93)97)118-80-49-41-76(42-50-80)66(3)4)103(113)110(104(86)114)88(56-70-29-17-10-18-30-70)106(116)108(63-73-35-23-13-24-36-73)64-74-37-25-14-26-38-74/h9-54,57-60,65-68,87-88H,55-56,61-64H2,1-8H3. The van der Waals surface area contributed by atoms with Gasteiger partial charge in [0.2, 0.25) is 11.8 Å². The summed E-state index contributed by atoms with van der Waals surface area (Å²) < 4.78 is 30.0. The highest BCUT2D eigenvalue weighted by Crippen LogP contribution is 2.58. The summed E-state index contributed by atoms with van der Waals surface area (Å²) >= 11 is 0. The van der Waals surface area contributed by atoms with Crippen molar-refractivity contribution in [2.45, 2.75) is 130 Å². The molecule has 0 spiro atoms. The van der Waals surface area contributed by atoms with Gasteiger partial charge >= 0.3 is 0 Å². The molecule has 0 saturated heterocycles. The van der Waals surface area contributed by atoms with Gasteiger partial charge in [-0.3, -0.25) is 38.6 Å². The fourth-order valence-electron chi connectivity index (χ4n) is 16.9. The molecule has 120 heavy (non-hydrogen) atoms. The third-order valence-corrected chi connectivity index (χ3v) is 23.3. The third-order valence-electron chi connectivity index (χ3n) is 23.3. The van der Waals surface area contributed by atoms with Crippen LogP contribution in [0.25, 0.3) is 43.1 Å². The Morgan fingerprint density at radius 3 is 0.658 bits per heavy atom. The van der Waals surface area contributed by atoms with Crippen molar-refractivity contribution in [3.8, 4) is 46.0 Å². The smallest absolute Gasteiger partial charge is 0.262 e. The van der Waals surface area contributed by atoms with E-state index in [1.165, 1.54) is 0 Å². The quantitative estimate of drug-likeness (QED) is 0.0263. The molecule has 2 heterocycles. The van der Waals surface area contributed by atoms with Crippen LogP contribution in [0.15, 0.2) is 303 Å². The van der Waals surface area contributed by atoms with Gasteiger partial charge in [-0.2, -0.15) is 0 Å². The van der Waals surface area contributed by atoms with Crippen LogP contribution in [0.3, 0.4) is 0 Å². The molecule has 15 aromatic rings. The maximum Gasteiger partial charge on any atom is 0.262 e. The Bertz CT molecular complexity index is 5640. The summed E-state index contributed by atoms with van der Waals surface area (Å²) in [6.45, 7) is 17.4. The van der Waals surface area contributed by atoms with Crippen LogP contribution in [-0.2, 0) is 48.6 Å². The number of amides is 6. The molecule has 0 radical (unpaired) electrons. The topological polar surface area (TPSA) is 152 Å². The van der Waals surface area contributed by atoms with Gasteiger partial charge in [-0.05, 0) is 152 Å². The van der Waals surface area contributed by atoms with Crippen molar-refractivity contribution < 1.29 is 47.7 Å². The van der Waals surface area contributed by atoms with E-state index in [0.717, 1.165) is 54.3 Å². The first-order valence-corrected chi connectivity index (χ1v) is 41.3. The molecule has 14 heteroatoms. The summed E-state index contributed by atoms with van der Waals surface area (Å²) in [4.78, 5) is 108. The number of rotatable bonds is 28. The lowest BCUT2D eigenvalue weighted by atomic mass is 9.80. The Balaban J connectivity index is 0.988. The number of benzene rings is 15. The Morgan fingerprint density at radius 1 is 0.258 bits per heavy atom. The highest BCUT2D eigenvalue weighted by Gasteiger charge is 2.48. The average Bonchev–Trinajstić information content (AvgIpc) is 0.669. The maximum absolute atomic E-state index is 17.2. The Labute approximate surface area is 699 Å². The molecule has 0 aromatic heterocycles. The number of hydrogen-bond donors (Lipinski definition) is 0. The van der Waals surface area contributed by atoms with Crippen molar-refractivity contribution >= 4 is 78.5 Å². The molecule has 2 aliphatic heterocycles. The van der Waals surface area contributed by atoms with E-state index in [0.29, 0.717) is 66.4 Å². The molecular formula is C106H92N4O10. The molecule has 2 aliphatic rings. The fraction of sp³-hybridized carbons (Fsp3) is 0.189. The summed E-state index contributed by atoms with van der Waals surface area (Å²) in [5, 5.41) is 2.30. The number of carbonyl (C=O) groups is 6. The van der Waals surface area contributed by atoms with E-state index >= 15 is 28.8 Å². The van der Waals surface area contributed by atoms with E-state index in [2.05, 4.69) is 55.4 Å². The second-order valence-electron chi connectivity index (χ2n) is 32.7. The van der Waals surface area contributed by atoms with E-state index in [1.54, 1.807) is 34.1 Å². The molecule has 0 fully saturated rings. The first kappa shape index (κ1) is 78.5. The molecular weight excluding hydrogens is 1490 g/mol. The number of imide groups is 2. The SMILES string of the molecule is CC(C)c1ccc(Oc2cc3c4c(cc(Oc5ccc(C(C)C)cc5)c5c6c(Oc7ccc(C(C)C)cc7)cc7c8c(cc(Oc9ccc(C(C)C)cc9)c(c2c45)c86)C(=O)N(C(Cc2ccccc2)C(=O)N(Cc2ccccc2)Cc2ccccc2)C7=O)C(=O)N(C(Cc2ccccc2)C(=O)N(Cc2ccccc2)Cc2ccccc2)C3=O)cc1. The summed E-state index contributed by atoms with van der Waals surface area (Å²) in [5.74, 6) is -1.47. The van der Waals surface area contributed by atoms with Crippen LogP contribution in [0.1, 0.15) is 176 Å². The van der Waals surface area contributed by atoms with Crippen LogP contribution >= 0.6 is 0 Å². The minimum atomic E-state index is -1.44. The zero-order valence-electron chi connectivity index (χ0n) is 68.4. The lowest BCUT2D eigenvalue weighted by Gasteiger charge is -2.38. The van der Waals surface area contributed by atoms with Gasteiger partial charge < -0.3 is 28.7 Å². The van der Waals surface area contributed by atoms with Crippen LogP contribution in [0.5, 0.6) is 46.0 Å². The highest BCUT2D eigenvalue weighted by molar-refractivity contribution is 6.45. The first-order chi connectivity index (χ1) is 58.3. The summed E-state index contributed by atoms with van der Waals surface area (Å²) in [6, 6.07) is 92.2. The average molecular weight is 1580 g/mol. The minimum Gasteiger partial charge on any atom is -0.457 e.